The number of allylic oxidation sites excluding steroid dienone is 4. The number of hydrogen-bond acceptors (Lipinski definition) is 1. The van der Waals surface area contributed by atoms with Gasteiger partial charge in [0.1, 0.15) is 0 Å². The molecule has 0 saturated heterocycles. The maximum absolute atomic E-state index is 12.2. The van der Waals surface area contributed by atoms with E-state index < -0.39 is 18.4 Å². The molecule has 0 unspecified atom stereocenters. The summed E-state index contributed by atoms with van der Waals surface area (Å²) in [5.41, 5.74) is 4.00. The van der Waals surface area contributed by atoms with Crippen LogP contribution in [0.25, 0.3) is 0 Å². The molecule has 0 bridgehead atoms. The van der Waals surface area contributed by atoms with Crippen molar-refractivity contribution in [3.05, 3.63) is 22.8 Å². The van der Waals surface area contributed by atoms with Gasteiger partial charge in [0.25, 0.3) is 0 Å². The molecule has 0 aliphatic heterocycles. The van der Waals surface area contributed by atoms with Crippen LogP contribution in [0.5, 0.6) is 0 Å². The first-order chi connectivity index (χ1) is 11.8. The van der Waals surface area contributed by atoms with Crippen molar-refractivity contribution in [1.82, 2.24) is 0 Å². The minimum atomic E-state index is -2.12. The molecule has 0 N–H and O–H groups in total. The maximum atomic E-state index is 12.2. The van der Waals surface area contributed by atoms with E-state index in [0.29, 0.717) is 6.42 Å². The first-order valence-electron chi connectivity index (χ1n) is 10.6. The fraction of sp³-hybridized carbons (Fsp3) is 0.783. The number of unbranched alkanes of at least 4 members (excludes halogenated alkanes) is 3. The van der Waals surface area contributed by atoms with Gasteiger partial charge in [-0.2, -0.15) is 0 Å². The minimum absolute atomic E-state index is 0.272. The number of ketones is 1. The third-order valence-corrected chi connectivity index (χ3v) is 21.2. The summed E-state index contributed by atoms with van der Waals surface area (Å²) in [6.45, 7) is 15.5. The SMILES string of the molecule is CCC[CH2][Sn]([CH2]CCC)([CH2]CCC)[CH2]/C(C)=C(/C)CC(=O)C=C(C)C. The summed E-state index contributed by atoms with van der Waals surface area (Å²) < 4.78 is 6.05. The summed E-state index contributed by atoms with van der Waals surface area (Å²) in [6, 6.07) is 0. The molecule has 146 valence electrons. The van der Waals surface area contributed by atoms with Gasteiger partial charge < -0.3 is 0 Å². The first-order valence-corrected chi connectivity index (χ1v) is 18.7. The van der Waals surface area contributed by atoms with Gasteiger partial charge in [0.2, 0.25) is 0 Å². The predicted octanol–water partition coefficient (Wildman–Crippen LogP) is 8.10. The Morgan fingerprint density at radius 1 is 0.760 bits per heavy atom. The molecular weight excluding hydrogens is 411 g/mol. The van der Waals surface area contributed by atoms with E-state index in [9.17, 15) is 4.79 Å². The van der Waals surface area contributed by atoms with Crippen LogP contribution in [-0.4, -0.2) is 24.2 Å². The van der Waals surface area contributed by atoms with Gasteiger partial charge in [-0.15, -0.1) is 0 Å². The van der Waals surface area contributed by atoms with Gasteiger partial charge >= 0.3 is 163 Å². The number of carbonyl (C=O) groups excluding carboxylic acids is 1. The Bertz CT molecular complexity index is 419. The summed E-state index contributed by atoms with van der Waals surface area (Å²) in [7, 11) is 0. The van der Waals surface area contributed by atoms with E-state index in [2.05, 4.69) is 34.6 Å². The van der Waals surface area contributed by atoms with Crippen molar-refractivity contribution in [2.24, 2.45) is 0 Å². The fourth-order valence-corrected chi connectivity index (χ4v) is 21.0. The molecule has 25 heavy (non-hydrogen) atoms. The zero-order valence-corrected chi connectivity index (χ0v) is 21.1. The van der Waals surface area contributed by atoms with Gasteiger partial charge in [0.15, 0.2) is 0 Å². The van der Waals surface area contributed by atoms with E-state index >= 15 is 0 Å². The molecule has 0 saturated carbocycles. The van der Waals surface area contributed by atoms with Crippen LogP contribution in [-0.2, 0) is 4.79 Å². The molecule has 2 heteroatoms. The van der Waals surface area contributed by atoms with Gasteiger partial charge in [-0.1, -0.05) is 0 Å². The molecule has 0 spiro atoms. The van der Waals surface area contributed by atoms with E-state index in [1.165, 1.54) is 48.5 Å². The Hall–Kier alpha value is -0.0513. The van der Waals surface area contributed by atoms with Crippen molar-refractivity contribution < 1.29 is 4.79 Å². The van der Waals surface area contributed by atoms with Gasteiger partial charge in [-0.25, -0.2) is 0 Å². The van der Waals surface area contributed by atoms with Crippen LogP contribution in [0.4, 0.5) is 0 Å². The van der Waals surface area contributed by atoms with Crippen LogP contribution in [0.2, 0.25) is 17.7 Å². The first kappa shape index (κ1) is 24.9. The molecule has 0 fully saturated rings. The number of rotatable bonds is 14. The Kier molecular flexibility index (Phi) is 14.0. The van der Waals surface area contributed by atoms with Gasteiger partial charge in [-0.05, 0) is 0 Å². The molecular formula is C23H44OSn. The Morgan fingerprint density at radius 2 is 1.20 bits per heavy atom. The molecule has 0 rings (SSSR count). The Labute approximate surface area is 162 Å². The van der Waals surface area contributed by atoms with Gasteiger partial charge in [-0.3, -0.25) is 0 Å². The van der Waals surface area contributed by atoms with E-state index in [1.807, 2.05) is 13.8 Å². The zero-order chi connectivity index (χ0) is 19.3. The number of carbonyl (C=O) groups is 1. The van der Waals surface area contributed by atoms with Crippen molar-refractivity contribution in [3.8, 4) is 0 Å². The molecule has 0 heterocycles. The summed E-state index contributed by atoms with van der Waals surface area (Å²) in [5, 5.41) is 0. The molecule has 0 amide bonds. The molecule has 0 aromatic heterocycles. The number of hydrogen-bond donors (Lipinski definition) is 0. The van der Waals surface area contributed by atoms with Crippen LogP contribution in [0.1, 0.15) is 93.4 Å². The molecule has 0 aromatic carbocycles. The molecule has 0 radical (unpaired) electrons. The van der Waals surface area contributed by atoms with Gasteiger partial charge in [0, 0.05) is 0 Å². The van der Waals surface area contributed by atoms with Crippen LogP contribution in [0.15, 0.2) is 22.8 Å². The van der Waals surface area contributed by atoms with Crippen LogP contribution >= 0.6 is 0 Å². The summed E-state index contributed by atoms with van der Waals surface area (Å²) >= 11 is -2.12. The predicted molar refractivity (Wildman–Crippen MR) is 117 cm³/mol. The second-order valence-corrected chi connectivity index (χ2v) is 22.3. The Morgan fingerprint density at radius 3 is 1.56 bits per heavy atom. The molecule has 0 aliphatic carbocycles. The standard InChI is InChI=1S/C11H17O.3C4H9.Sn/c1-8(2)6-11(12)7-10(5)9(3)4;3*1-3-4-2;/h6H,3,7H2,1-2,4-5H3;3*1,3-4H2,2H3;/b10-9+;;;;. The van der Waals surface area contributed by atoms with Crippen molar-refractivity contribution >= 4 is 24.2 Å². The van der Waals surface area contributed by atoms with Crippen LogP contribution in [0.3, 0.4) is 0 Å². The topological polar surface area (TPSA) is 17.1 Å². The monoisotopic (exact) mass is 456 g/mol. The zero-order valence-electron chi connectivity index (χ0n) is 18.3. The van der Waals surface area contributed by atoms with Crippen molar-refractivity contribution in [1.29, 1.82) is 0 Å². The van der Waals surface area contributed by atoms with Crippen LogP contribution in [0, 0.1) is 0 Å². The van der Waals surface area contributed by atoms with E-state index in [4.69, 9.17) is 0 Å². The van der Waals surface area contributed by atoms with E-state index in [1.54, 1.807) is 25.0 Å². The van der Waals surface area contributed by atoms with Crippen molar-refractivity contribution in [2.45, 2.75) is 111 Å². The molecule has 0 atom stereocenters. The Balaban J connectivity index is 5.29. The average molecular weight is 455 g/mol. The third kappa shape index (κ3) is 11.3. The second kappa shape index (κ2) is 14.1. The molecule has 0 aliphatic rings. The quantitative estimate of drug-likeness (QED) is 0.147. The van der Waals surface area contributed by atoms with Gasteiger partial charge in [0.05, 0.1) is 0 Å². The van der Waals surface area contributed by atoms with E-state index in [-0.39, 0.29) is 5.78 Å². The second-order valence-electron chi connectivity index (χ2n) is 8.41. The summed E-state index contributed by atoms with van der Waals surface area (Å²) in [5.74, 6) is 0.272. The molecule has 0 aromatic rings. The normalized spacial score (nSPS) is 12.8. The average Bonchev–Trinajstić information content (AvgIpc) is 2.55. The molecule has 1 nitrogen and oxygen atoms in total. The third-order valence-electron chi connectivity index (χ3n) is 5.44. The van der Waals surface area contributed by atoms with Crippen molar-refractivity contribution in [2.75, 3.05) is 0 Å². The van der Waals surface area contributed by atoms with Crippen LogP contribution < -0.4 is 0 Å². The van der Waals surface area contributed by atoms with Crippen molar-refractivity contribution in [3.63, 3.8) is 0 Å². The fourth-order valence-electron chi connectivity index (χ4n) is 3.79. The van der Waals surface area contributed by atoms with E-state index in [0.717, 1.165) is 5.57 Å². The summed E-state index contributed by atoms with van der Waals surface area (Å²) in [4.78, 5) is 12.2. The summed E-state index contributed by atoms with van der Waals surface area (Å²) in [6.07, 6.45) is 10.7.